The first-order valence-electron chi connectivity index (χ1n) is 6.27. The third kappa shape index (κ3) is 4.94. The Morgan fingerprint density at radius 2 is 2.06 bits per heavy atom. The molecule has 0 unspecified atom stereocenters. The minimum atomic E-state index is 0.148. The first-order chi connectivity index (χ1) is 7.59. The van der Waals surface area contributed by atoms with E-state index in [4.69, 9.17) is 0 Å². The minimum absolute atomic E-state index is 0.148. The standard InChI is InChI=1S/C12H25N3O/c1-10(2)8-14-12(16)9-15(3)11-4-6-13-7-5-11/h10-11,13H,4-9H2,1-3H3,(H,14,16). The van der Waals surface area contributed by atoms with Crippen molar-refractivity contribution in [1.82, 2.24) is 15.5 Å². The van der Waals surface area contributed by atoms with Crippen LogP contribution < -0.4 is 10.6 Å². The van der Waals surface area contributed by atoms with Gasteiger partial charge in [-0.05, 0) is 38.9 Å². The molecule has 4 nitrogen and oxygen atoms in total. The number of amides is 1. The highest BCUT2D eigenvalue weighted by molar-refractivity contribution is 5.77. The van der Waals surface area contributed by atoms with Crippen LogP contribution in [0.5, 0.6) is 0 Å². The normalized spacial score (nSPS) is 18.1. The van der Waals surface area contributed by atoms with Crippen molar-refractivity contribution in [3.8, 4) is 0 Å². The van der Waals surface area contributed by atoms with Crippen LogP contribution in [0.15, 0.2) is 0 Å². The molecular weight excluding hydrogens is 202 g/mol. The lowest BCUT2D eigenvalue weighted by molar-refractivity contribution is -0.122. The summed E-state index contributed by atoms with van der Waals surface area (Å²) in [4.78, 5) is 13.8. The third-order valence-corrected chi connectivity index (χ3v) is 3.03. The molecule has 0 atom stereocenters. The molecule has 0 bridgehead atoms. The van der Waals surface area contributed by atoms with Gasteiger partial charge in [0.25, 0.3) is 0 Å². The predicted molar refractivity (Wildman–Crippen MR) is 66.4 cm³/mol. The molecule has 2 N–H and O–H groups in total. The second-order valence-electron chi connectivity index (χ2n) is 5.09. The van der Waals surface area contributed by atoms with Crippen molar-refractivity contribution in [1.29, 1.82) is 0 Å². The van der Waals surface area contributed by atoms with Crippen LogP contribution in [0.3, 0.4) is 0 Å². The van der Waals surface area contributed by atoms with Gasteiger partial charge in [0.15, 0.2) is 0 Å². The minimum Gasteiger partial charge on any atom is -0.355 e. The average molecular weight is 227 g/mol. The molecule has 94 valence electrons. The van der Waals surface area contributed by atoms with E-state index in [1.165, 1.54) is 0 Å². The van der Waals surface area contributed by atoms with Crippen molar-refractivity contribution in [2.45, 2.75) is 32.7 Å². The molecule has 4 heteroatoms. The predicted octanol–water partition coefficient (Wildman–Crippen LogP) is 0.442. The van der Waals surface area contributed by atoms with E-state index in [1.54, 1.807) is 0 Å². The average Bonchev–Trinajstić information content (AvgIpc) is 2.27. The summed E-state index contributed by atoms with van der Waals surface area (Å²) in [6.07, 6.45) is 2.29. The topological polar surface area (TPSA) is 44.4 Å². The van der Waals surface area contributed by atoms with Crippen LogP contribution in [-0.4, -0.2) is 50.1 Å². The summed E-state index contributed by atoms with van der Waals surface area (Å²) in [6, 6.07) is 0.561. The van der Waals surface area contributed by atoms with Crippen molar-refractivity contribution in [3.63, 3.8) is 0 Å². The van der Waals surface area contributed by atoms with E-state index in [0.29, 0.717) is 18.5 Å². The van der Waals surface area contributed by atoms with E-state index in [0.717, 1.165) is 32.5 Å². The van der Waals surface area contributed by atoms with E-state index >= 15 is 0 Å². The Morgan fingerprint density at radius 1 is 1.44 bits per heavy atom. The van der Waals surface area contributed by atoms with Crippen LogP contribution in [0.4, 0.5) is 0 Å². The Balaban J connectivity index is 2.21. The van der Waals surface area contributed by atoms with Gasteiger partial charge in [-0.3, -0.25) is 9.69 Å². The quantitative estimate of drug-likeness (QED) is 0.716. The van der Waals surface area contributed by atoms with Gasteiger partial charge >= 0.3 is 0 Å². The summed E-state index contributed by atoms with van der Waals surface area (Å²) in [7, 11) is 2.05. The van der Waals surface area contributed by atoms with Crippen LogP contribution in [0.2, 0.25) is 0 Å². The lowest BCUT2D eigenvalue weighted by Gasteiger charge is -2.31. The van der Waals surface area contributed by atoms with Gasteiger partial charge in [0.2, 0.25) is 5.91 Å². The summed E-state index contributed by atoms with van der Waals surface area (Å²) in [5, 5.41) is 6.29. The Morgan fingerprint density at radius 3 is 2.62 bits per heavy atom. The zero-order chi connectivity index (χ0) is 12.0. The maximum absolute atomic E-state index is 11.6. The van der Waals surface area contributed by atoms with Gasteiger partial charge in [-0.2, -0.15) is 0 Å². The highest BCUT2D eigenvalue weighted by Crippen LogP contribution is 2.08. The number of nitrogens with one attached hydrogen (secondary N) is 2. The molecule has 0 aromatic heterocycles. The fraction of sp³-hybridized carbons (Fsp3) is 0.917. The SMILES string of the molecule is CC(C)CNC(=O)CN(C)C1CCNCC1. The number of hydrogen-bond donors (Lipinski definition) is 2. The van der Waals surface area contributed by atoms with E-state index in [-0.39, 0.29) is 5.91 Å². The third-order valence-electron chi connectivity index (χ3n) is 3.03. The first kappa shape index (κ1) is 13.5. The number of carbonyl (C=O) groups is 1. The van der Waals surface area contributed by atoms with Crippen LogP contribution in [-0.2, 0) is 4.79 Å². The van der Waals surface area contributed by atoms with Crippen LogP contribution in [0, 0.1) is 5.92 Å². The second kappa shape index (κ2) is 6.86. The highest BCUT2D eigenvalue weighted by Gasteiger charge is 2.19. The first-order valence-corrected chi connectivity index (χ1v) is 6.27. The molecule has 1 amide bonds. The lowest BCUT2D eigenvalue weighted by atomic mass is 10.1. The number of likely N-dealkylation sites (N-methyl/N-ethyl adjacent to an activating group) is 1. The maximum atomic E-state index is 11.6. The van der Waals surface area contributed by atoms with Gasteiger partial charge in [-0.15, -0.1) is 0 Å². The van der Waals surface area contributed by atoms with Crippen LogP contribution in [0.1, 0.15) is 26.7 Å². The van der Waals surface area contributed by atoms with Gasteiger partial charge in [-0.25, -0.2) is 0 Å². The molecule has 1 fully saturated rings. The van der Waals surface area contributed by atoms with Crippen molar-refractivity contribution in [2.24, 2.45) is 5.92 Å². The van der Waals surface area contributed by atoms with E-state index < -0.39 is 0 Å². The van der Waals surface area contributed by atoms with Gasteiger partial charge in [-0.1, -0.05) is 13.8 Å². The molecule has 1 saturated heterocycles. The van der Waals surface area contributed by atoms with Crippen LogP contribution in [0.25, 0.3) is 0 Å². The zero-order valence-corrected chi connectivity index (χ0v) is 10.8. The Labute approximate surface area is 98.8 Å². The monoisotopic (exact) mass is 227 g/mol. The Bertz CT molecular complexity index is 212. The molecule has 1 heterocycles. The molecule has 0 spiro atoms. The number of carbonyl (C=O) groups excluding carboxylic acids is 1. The van der Waals surface area contributed by atoms with Gasteiger partial charge in [0, 0.05) is 12.6 Å². The van der Waals surface area contributed by atoms with Gasteiger partial charge < -0.3 is 10.6 Å². The second-order valence-corrected chi connectivity index (χ2v) is 5.09. The van der Waals surface area contributed by atoms with Crippen molar-refractivity contribution >= 4 is 5.91 Å². The smallest absolute Gasteiger partial charge is 0.234 e. The molecule has 1 rings (SSSR count). The number of nitrogens with zero attached hydrogens (tertiary/aromatic N) is 1. The molecular formula is C12H25N3O. The van der Waals surface area contributed by atoms with Gasteiger partial charge in [0.05, 0.1) is 6.54 Å². The molecule has 0 radical (unpaired) electrons. The van der Waals surface area contributed by atoms with Gasteiger partial charge in [0.1, 0.15) is 0 Å². The summed E-state index contributed by atoms with van der Waals surface area (Å²) in [5.41, 5.74) is 0. The highest BCUT2D eigenvalue weighted by atomic mass is 16.2. The van der Waals surface area contributed by atoms with Crippen molar-refractivity contribution in [2.75, 3.05) is 33.2 Å². The Kier molecular flexibility index (Phi) is 5.77. The number of hydrogen-bond acceptors (Lipinski definition) is 3. The zero-order valence-electron chi connectivity index (χ0n) is 10.8. The summed E-state index contributed by atoms with van der Waals surface area (Å²) < 4.78 is 0. The van der Waals surface area contributed by atoms with E-state index in [9.17, 15) is 4.79 Å². The van der Waals surface area contributed by atoms with Crippen LogP contribution >= 0.6 is 0 Å². The molecule has 1 aliphatic heterocycles. The molecule has 0 aromatic carbocycles. The molecule has 16 heavy (non-hydrogen) atoms. The molecule has 0 aliphatic carbocycles. The molecule has 0 saturated carbocycles. The fourth-order valence-electron chi connectivity index (χ4n) is 1.98. The Hall–Kier alpha value is -0.610. The summed E-state index contributed by atoms with van der Waals surface area (Å²) >= 11 is 0. The molecule has 0 aromatic rings. The largest absolute Gasteiger partial charge is 0.355 e. The molecule has 1 aliphatic rings. The summed E-state index contributed by atoms with van der Waals surface area (Å²) in [6.45, 7) is 7.66. The maximum Gasteiger partial charge on any atom is 0.234 e. The van der Waals surface area contributed by atoms with E-state index in [1.807, 2.05) is 7.05 Å². The number of piperidine rings is 1. The van der Waals surface area contributed by atoms with Crippen molar-refractivity contribution < 1.29 is 4.79 Å². The summed E-state index contributed by atoms with van der Waals surface area (Å²) in [5.74, 6) is 0.669. The van der Waals surface area contributed by atoms with Crippen molar-refractivity contribution in [3.05, 3.63) is 0 Å². The van der Waals surface area contributed by atoms with E-state index in [2.05, 4.69) is 29.4 Å². The number of rotatable bonds is 5. The fourth-order valence-corrected chi connectivity index (χ4v) is 1.98. The lowest BCUT2D eigenvalue weighted by Crippen LogP contribution is -2.45.